The van der Waals surface area contributed by atoms with Gasteiger partial charge in [0.2, 0.25) is 0 Å². The summed E-state index contributed by atoms with van der Waals surface area (Å²) in [6, 6.07) is 15.3. The Morgan fingerprint density at radius 2 is 1.76 bits per heavy atom. The summed E-state index contributed by atoms with van der Waals surface area (Å²) in [4.78, 5) is 10.1. The van der Waals surface area contributed by atoms with Gasteiger partial charge in [-0.3, -0.25) is 15.5 Å². The molecule has 2 aromatic rings. The number of rotatable bonds is 4. The highest BCUT2D eigenvalue weighted by atomic mass is 16.6. The van der Waals surface area contributed by atoms with Crippen molar-refractivity contribution in [1.82, 2.24) is 0 Å². The molecule has 0 atom stereocenters. The van der Waals surface area contributed by atoms with E-state index < -0.39 is 4.92 Å². The van der Waals surface area contributed by atoms with Gasteiger partial charge in [0, 0.05) is 12.1 Å². The summed E-state index contributed by atoms with van der Waals surface area (Å²) in [6.07, 6.45) is 0. The Morgan fingerprint density at radius 3 is 2.38 bits per heavy atom. The van der Waals surface area contributed by atoms with Crippen LogP contribution >= 0.6 is 0 Å². The summed E-state index contributed by atoms with van der Waals surface area (Å²) in [7, 11) is 0. The molecular formula is C14H13N5O2. The molecule has 0 aliphatic carbocycles. The molecule has 0 heterocycles. The zero-order valence-electron chi connectivity index (χ0n) is 11.3. The van der Waals surface area contributed by atoms with Crippen molar-refractivity contribution in [3.63, 3.8) is 0 Å². The van der Waals surface area contributed by atoms with Crippen LogP contribution in [0, 0.1) is 10.1 Å². The third kappa shape index (κ3) is 4.50. The van der Waals surface area contributed by atoms with Gasteiger partial charge in [0.1, 0.15) is 0 Å². The number of nitrogens with one attached hydrogen (secondary N) is 1. The van der Waals surface area contributed by atoms with E-state index in [2.05, 4.69) is 20.8 Å². The van der Waals surface area contributed by atoms with Crippen molar-refractivity contribution in [3.8, 4) is 0 Å². The van der Waals surface area contributed by atoms with E-state index in [0.717, 1.165) is 5.69 Å². The molecule has 1 N–H and O–H groups in total. The number of nitro groups is 1. The molecule has 0 radical (unpaired) electrons. The summed E-state index contributed by atoms with van der Waals surface area (Å²) in [6.45, 7) is 1.70. The lowest BCUT2D eigenvalue weighted by molar-refractivity contribution is -0.384. The lowest BCUT2D eigenvalue weighted by Crippen LogP contribution is -1.93. The Kier molecular flexibility index (Phi) is 4.70. The minimum absolute atomic E-state index is 0.0186. The number of hydrogen-bond acceptors (Lipinski definition) is 5. The second-order valence-corrected chi connectivity index (χ2v) is 4.11. The van der Waals surface area contributed by atoms with Crippen molar-refractivity contribution in [2.24, 2.45) is 15.3 Å². The fourth-order valence-corrected chi connectivity index (χ4v) is 1.45. The molecule has 0 spiro atoms. The summed E-state index contributed by atoms with van der Waals surface area (Å²) >= 11 is 0. The van der Waals surface area contributed by atoms with Gasteiger partial charge in [-0.2, -0.15) is 5.10 Å². The molecule has 21 heavy (non-hydrogen) atoms. The van der Waals surface area contributed by atoms with E-state index in [4.69, 9.17) is 0 Å². The van der Waals surface area contributed by atoms with Crippen molar-refractivity contribution in [3.05, 3.63) is 64.7 Å². The zero-order chi connectivity index (χ0) is 15.1. The Labute approximate surface area is 121 Å². The average molecular weight is 283 g/mol. The van der Waals surface area contributed by atoms with Gasteiger partial charge in [0.05, 0.1) is 16.3 Å². The normalized spacial score (nSPS) is 11.6. The van der Waals surface area contributed by atoms with Gasteiger partial charge in [0.15, 0.2) is 5.84 Å². The number of azo groups is 1. The monoisotopic (exact) mass is 283 g/mol. The second kappa shape index (κ2) is 6.90. The van der Waals surface area contributed by atoms with Crippen molar-refractivity contribution in [2.75, 3.05) is 5.43 Å². The fourth-order valence-electron chi connectivity index (χ4n) is 1.45. The molecule has 2 rings (SSSR count). The van der Waals surface area contributed by atoms with Crippen molar-refractivity contribution in [2.45, 2.75) is 6.92 Å². The number of non-ortho nitro benzene ring substituents is 1. The van der Waals surface area contributed by atoms with Crippen LogP contribution in [0.2, 0.25) is 0 Å². The highest BCUT2D eigenvalue weighted by Gasteiger charge is 2.02. The Bertz CT molecular complexity index is 666. The standard InChI is InChI=1S/C14H13N5O2/c1-11(15-17-12-5-3-2-4-6-12)16-18-13-7-9-14(10-8-13)19(20)21/h2-10,17H,1H3/b15-11-,18-16?. The van der Waals surface area contributed by atoms with Crippen LogP contribution in [-0.2, 0) is 0 Å². The molecule has 2 aromatic carbocycles. The lowest BCUT2D eigenvalue weighted by atomic mass is 10.3. The first kappa shape index (κ1) is 14.3. The van der Waals surface area contributed by atoms with Crippen molar-refractivity contribution < 1.29 is 4.92 Å². The number of benzene rings is 2. The third-order valence-corrected chi connectivity index (χ3v) is 2.49. The third-order valence-electron chi connectivity index (χ3n) is 2.49. The van der Waals surface area contributed by atoms with E-state index in [0.29, 0.717) is 11.5 Å². The van der Waals surface area contributed by atoms with Crippen LogP contribution in [0.1, 0.15) is 6.92 Å². The number of para-hydroxylation sites is 1. The second-order valence-electron chi connectivity index (χ2n) is 4.11. The van der Waals surface area contributed by atoms with Gasteiger partial charge >= 0.3 is 0 Å². The lowest BCUT2D eigenvalue weighted by Gasteiger charge is -1.98. The molecule has 0 bridgehead atoms. The van der Waals surface area contributed by atoms with Crippen LogP contribution < -0.4 is 5.43 Å². The highest BCUT2D eigenvalue weighted by molar-refractivity contribution is 5.80. The zero-order valence-corrected chi connectivity index (χ0v) is 11.3. The number of amidine groups is 1. The first-order chi connectivity index (χ1) is 10.1. The number of anilines is 1. The number of nitrogens with zero attached hydrogens (tertiary/aromatic N) is 4. The maximum atomic E-state index is 10.5. The number of hydrazone groups is 1. The molecule has 0 amide bonds. The SMILES string of the molecule is C/C(N=Nc1ccc([N+](=O)[O-])cc1)=N/Nc1ccccc1. The quantitative estimate of drug-likeness (QED) is 0.300. The topological polar surface area (TPSA) is 92.2 Å². The molecule has 0 aliphatic heterocycles. The minimum atomic E-state index is -0.461. The molecule has 0 aromatic heterocycles. The van der Waals surface area contributed by atoms with E-state index in [-0.39, 0.29) is 5.69 Å². The fraction of sp³-hybridized carbons (Fsp3) is 0.0714. The van der Waals surface area contributed by atoms with E-state index in [1.54, 1.807) is 6.92 Å². The molecule has 0 aliphatic rings. The van der Waals surface area contributed by atoms with Crippen molar-refractivity contribution in [1.29, 1.82) is 0 Å². The van der Waals surface area contributed by atoms with E-state index >= 15 is 0 Å². The summed E-state index contributed by atoms with van der Waals surface area (Å²) in [5.74, 6) is 0.442. The van der Waals surface area contributed by atoms with Gasteiger partial charge in [0.25, 0.3) is 5.69 Å². The van der Waals surface area contributed by atoms with Gasteiger partial charge < -0.3 is 0 Å². The van der Waals surface area contributed by atoms with E-state index in [1.807, 2.05) is 30.3 Å². The Balaban J connectivity index is 1.98. The molecule has 0 saturated heterocycles. The molecule has 106 valence electrons. The molecule has 0 unspecified atom stereocenters. The first-order valence-electron chi connectivity index (χ1n) is 6.17. The maximum absolute atomic E-state index is 10.5. The summed E-state index contributed by atoms with van der Waals surface area (Å²) < 4.78 is 0. The molecule has 0 fully saturated rings. The van der Waals surface area contributed by atoms with Crippen LogP contribution in [0.25, 0.3) is 0 Å². The first-order valence-corrected chi connectivity index (χ1v) is 6.17. The molecule has 7 heteroatoms. The predicted molar refractivity (Wildman–Crippen MR) is 80.8 cm³/mol. The number of hydrogen-bond donors (Lipinski definition) is 1. The van der Waals surface area contributed by atoms with E-state index in [9.17, 15) is 10.1 Å². The van der Waals surface area contributed by atoms with E-state index in [1.165, 1.54) is 24.3 Å². The van der Waals surface area contributed by atoms with Gasteiger partial charge in [-0.25, -0.2) is 0 Å². The van der Waals surface area contributed by atoms with Gasteiger partial charge in [-0.05, 0) is 31.2 Å². The maximum Gasteiger partial charge on any atom is 0.269 e. The smallest absolute Gasteiger partial charge is 0.269 e. The average Bonchev–Trinajstić information content (AvgIpc) is 2.52. The largest absolute Gasteiger partial charge is 0.277 e. The van der Waals surface area contributed by atoms with Gasteiger partial charge in [-0.1, -0.05) is 18.2 Å². The predicted octanol–water partition coefficient (Wildman–Crippen LogP) is 4.12. The Hall–Kier alpha value is -3.09. The molecular weight excluding hydrogens is 270 g/mol. The highest BCUT2D eigenvalue weighted by Crippen LogP contribution is 2.18. The number of nitro benzene ring substituents is 1. The van der Waals surface area contributed by atoms with Crippen LogP contribution in [-0.4, -0.2) is 10.8 Å². The summed E-state index contributed by atoms with van der Waals surface area (Å²) in [5, 5.41) is 22.5. The van der Waals surface area contributed by atoms with Crippen LogP contribution in [0.3, 0.4) is 0 Å². The van der Waals surface area contributed by atoms with Crippen LogP contribution in [0.4, 0.5) is 17.1 Å². The molecule has 0 saturated carbocycles. The molecule has 7 nitrogen and oxygen atoms in total. The van der Waals surface area contributed by atoms with Crippen LogP contribution in [0.15, 0.2) is 69.9 Å². The van der Waals surface area contributed by atoms with Gasteiger partial charge in [-0.15, -0.1) is 10.2 Å². The van der Waals surface area contributed by atoms with Crippen molar-refractivity contribution >= 4 is 22.9 Å². The van der Waals surface area contributed by atoms with Crippen LogP contribution in [0.5, 0.6) is 0 Å². The Morgan fingerprint density at radius 1 is 1.10 bits per heavy atom. The summed E-state index contributed by atoms with van der Waals surface area (Å²) in [5.41, 5.74) is 4.24. The minimum Gasteiger partial charge on any atom is -0.277 e.